The number of nitrogens with one attached hydrogen (secondary N) is 1. The normalized spacial score (nSPS) is 20.9. The van der Waals surface area contributed by atoms with Crippen LogP contribution < -0.4 is 10.2 Å². The fraction of sp³-hybridized carbons (Fsp3) is 0.650. The van der Waals surface area contributed by atoms with Gasteiger partial charge in [-0.1, -0.05) is 19.9 Å². The largest absolute Gasteiger partial charge is 0.378 e. The van der Waals surface area contributed by atoms with Crippen molar-refractivity contribution in [2.45, 2.75) is 25.6 Å². The molecule has 2 saturated heterocycles. The molecule has 1 unspecified atom stereocenters. The highest BCUT2D eigenvalue weighted by Gasteiger charge is 2.25. The maximum absolute atomic E-state index is 14.6. The Balaban J connectivity index is 0.00000280. The Bertz CT molecular complexity index is 655. The molecule has 2 fully saturated rings. The van der Waals surface area contributed by atoms with Crippen LogP contribution in [0, 0.1) is 11.7 Å². The fourth-order valence-electron chi connectivity index (χ4n) is 3.51. The third kappa shape index (κ3) is 6.13. The highest BCUT2D eigenvalue weighted by atomic mass is 127. The van der Waals surface area contributed by atoms with Crippen molar-refractivity contribution in [1.82, 2.24) is 10.2 Å². The van der Waals surface area contributed by atoms with E-state index in [1.165, 1.54) is 0 Å². The van der Waals surface area contributed by atoms with Crippen LogP contribution in [0.2, 0.25) is 0 Å². The average molecular weight is 522 g/mol. The molecule has 28 heavy (non-hydrogen) atoms. The van der Waals surface area contributed by atoms with Gasteiger partial charge in [-0.05, 0) is 23.6 Å². The van der Waals surface area contributed by atoms with E-state index in [4.69, 9.17) is 4.74 Å². The Morgan fingerprint density at radius 1 is 1.32 bits per heavy atom. The van der Waals surface area contributed by atoms with Gasteiger partial charge >= 0.3 is 0 Å². The summed E-state index contributed by atoms with van der Waals surface area (Å²) >= 11 is 2.05. The SMILES string of the molecule is CN=C(NCc1ccc(N2CCOCC2)c(F)c1)N1CCSC(C(C)C)C1.I. The molecule has 2 heterocycles. The molecule has 0 bridgehead atoms. The van der Waals surface area contributed by atoms with Crippen molar-refractivity contribution in [3.8, 4) is 0 Å². The minimum Gasteiger partial charge on any atom is -0.378 e. The first-order chi connectivity index (χ1) is 13.1. The summed E-state index contributed by atoms with van der Waals surface area (Å²) < 4.78 is 19.9. The molecule has 0 spiro atoms. The van der Waals surface area contributed by atoms with Crippen LogP contribution in [0.1, 0.15) is 19.4 Å². The maximum atomic E-state index is 14.6. The molecule has 5 nitrogen and oxygen atoms in total. The minimum atomic E-state index is -0.166. The molecular weight excluding hydrogens is 490 g/mol. The number of nitrogens with zero attached hydrogens (tertiary/aromatic N) is 3. The van der Waals surface area contributed by atoms with Gasteiger partial charge in [0, 0.05) is 50.8 Å². The van der Waals surface area contributed by atoms with Crippen molar-refractivity contribution in [3.63, 3.8) is 0 Å². The van der Waals surface area contributed by atoms with Crippen molar-refractivity contribution in [3.05, 3.63) is 29.6 Å². The lowest BCUT2D eigenvalue weighted by Gasteiger charge is -2.36. The van der Waals surface area contributed by atoms with Crippen molar-refractivity contribution in [1.29, 1.82) is 0 Å². The van der Waals surface area contributed by atoms with Gasteiger partial charge in [0.1, 0.15) is 5.82 Å². The average Bonchev–Trinajstić information content (AvgIpc) is 2.69. The zero-order chi connectivity index (χ0) is 19.2. The topological polar surface area (TPSA) is 40.1 Å². The summed E-state index contributed by atoms with van der Waals surface area (Å²) in [5, 5.41) is 4.03. The number of halogens is 2. The molecule has 0 saturated carbocycles. The molecule has 1 aromatic rings. The predicted molar refractivity (Wildman–Crippen MR) is 128 cm³/mol. The number of ether oxygens (including phenoxy) is 1. The van der Waals surface area contributed by atoms with Gasteiger partial charge in [0.2, 0.25) is 0 Å². The predicted octanol–water partition coefficient (Wildman–Crippen LogP) is 3.43. The highest BCUT2D eigenvalue weighted by Crippen LogP contribution is 2.25. The second-order valence-corrected chi connectivity index (χ2v) is 8.73. The Morgan fingerprint density at radius 2 is 2.07 bits per heavy atom. The molecule has 0 aromatic heterocycles. The first kappa shape index (κ1) is 23.5. The summed E-state index contributed by atoms with van der Waals surface area (Å²) in [6, 6.07) is 5.51. The van der Waals surface area contributed by atoms with Crippen LogP contribution in [0.15, 0.2) is 23.2 Å². The van der Waals surface area contributed by atoms with E-state index in [0.717, 1.165) is 43.5 Å². The Hall–Kier alpha value is -0.740. The van der Waals surface area contributed by atoms with Crippen LogP contribution in [-0.2, 0) is 11.3 Å². The number of rotatable bonds is 4. The third-order valence-corrected chi connectivity index (χ3v) is 6.70. The van der Waals surface area contributed by atoms with Gasteiger partial charge < -0.3 is 19.9 Å². The van der Waals surface area contributed by atoms with E-state index in [1.54, 1.807) is 6.07 Å². The van der Waals surface area contributed by atoms with E-state index in [1.807, 2.05) is 35.8 Å². The molecular formula is C20H32FIN4OS. The molecule has 2 aliphatic rings. The van der Waals surface area contributed by atoms with Gasteiger partial charge in [-0.15, -0.1) is 24.0 Å². The van der Waals surface area contributed by atoms with Crippen LogP contribution in [0.5, 0.6) is 0 Å². The van der Waals surface area contributed by atoms with E-state index in [-0.39, 0.29) is 29.8 Å². The van der Waals surface area contributed by atoms with Crippen molar-refractivity contribution in [2.24, 2.45) is 10.9 Å². The molecule has 1 aromatic carbocycles. The summed E-state index contributed by atoms with van der Waals surface area (Å²) in [5.41, 5.74) is 1.59. The summed E-state index contributed by atoms with van der Waals surface area (Å²) in [4.78, 5) is 8.81. The van der Waals surface area contributed by atoms with Crippen molar-refractivity contribution in [2.75, 3.05) is 57.1 Å². The third-order valence-electron chi connectivity index (χ3n) is 5.16. The molecule has 0 radical (unpaired) electrons. The van der Waals surface area contributed by atoms with Gasteiger partial charge in [0.05, 0.1) is 18.9 Å². The van der Waals surface area contributed by atoms with E-state index in [9.17, 15) is 4.39 Å². The number of hydrogen-bond donors (Lipinski definition) is 1. The van der Waals surface area contributed by atoms with Crippen molar-refractivity contribution >= 4 is 47.4 Å². The van der Waals surface area contributed by atoms with Crippen LogP contribution >= 0.6 is 35.7 Å². The van der Waals surface area contributed by atoms with Gasteiger partial charge in [-0.25, -0.2) is 4.39 Å². The molecule has 1 N–H and O–H groups in total. The molecule has 2 aliphatic heterocycles. The number of thioether (sulfide) groups is 1. The van der Waals surface area contributed by atoms with Crippen LogP contribution in [0.3, 0.4) is 0 Å². The Morgan fingerprint density at radius 3 is 2.71 bits per heavy atom. The van der Waals surface area contributed by atoms with E-state index >= 15 is 0 Å². The highest BCUT2D eigenvalue weighted by molar-refractivity contribution is 14.0. The quantitative estimate of drug-likeness (QED) is 0.373. The summed E-state index contributed by atoms with van der Waals surface area (Å²) in [7, 11) is 1.82. The maximum Gasteiger partial charge on any atom is 0.193 e. The van der Waals surface area contributed by atoms with Gasteiger partial charge in [0.15, 0.2) is 5.96 Å². The number of morpholine rings is 1. The summed E-state index contributed by atoms with van der Waals surface area (Å²) in [6.45, 7) is 9.92. The lowest BCUT2D eigenvalue weighted by Crippen LogP contribution is -2.48. The van der Waals surface area contributed by atoms with Crippen molar-refractivity contribution < 1.29 is 9.13 Å². The number of benzene rings is 1. The fourth-order valence-corrected chi connectivity index (χ4v) is 4.80. The lowest BCUT2D eigenvalue weighted by atomic mass is 10.1. The molecule has 158 valence electrons. The molecule has 3 rings (SSSR count). The standard InChI is InChI=1S/C20H31FN4OS.HI/c1-15(2)19-14-25(8-11-27-19)20(22-3)23-13-16-4-5-18(17(21)12-16)24-6-9-26-10-7-24;/h4-5,12,15,19H,6-11,13-14H2,1-3H3,(H,22,23);1H. The smallest absolute Gasteiger partial charge is 0.193 e. The van der Waals surface area contributed by atoms with Crippen LogP contribution in [0.4, 0.5) is 10.1 Å². The summed E-state index contributed by atoms with van der Waals surface area (Å²) in [6.07, 6.45) is 0. The van der Waals surface area contributed by atoms with Gasteiger partial charge in [-0.3, -0.25) is 4.99 Å². The van der Waals surface area contributed by atoms with E-state index < -0.39 is 0 Å². The molecule has 0 amide bonds. The molecule has 8 heteroatoms. The first-order valence-electron chi connectivity index (χ1n) is 9.77. The Kier molecular flexibility index (Phi) is 9.62. The second kappa shape index (κ2) is 11.4. The van der Waals surface area contributed by atoms with Crippen LogP contribution in [0.25, 0.3) is 0 Å². The zero-order valence-electron chi connectivity index (χ0n) is 17.0. The Labute approximate surface area is 189 Å². The number of guanidine groups is 1. The monoisotopic (exact) mass is 522 g/mol. The first-order valence-corrected chi connectivity index (χ1v) is 10.8. The lowest BCUT2D eigenvalue weighted by molar-refractivity contribution is 0.122. The van der Waals surface area contributed by atoms with Gasteiger partial charge in [-0.2, -0.15) is 11.8 Å². The second-order valence-electron chi connectivity index (χ2n) is 7.39. The molecule has 1 atom stereocenters. The summed E-state index contributed by atoms with van der Waals surface area (Å²) in [5.74, 6) is 2.50. The number of anilines is 1. The van der Waals surface area contributed by atoms with E-state index in [2.05, 4.69) is 29.1 Å². The van der Waals surface area contributed by atoms with E-state index in [0.29, 0.717) is 36.6 Å². The van der Waals surface area contributed by atoms with Gasteiger partial charge in [0.25, 0.3) is 0 Å². The number of aliphatic imine (C=N–C) groups is 1. The van der Waals surface area contributed by atoms with Crippen LogP contribution in [-0.4, -0.2) is 68.3 Å². The molecule has 0 aliphatic carbocycles. The number of hydrogen-bond acceptors (Lipinski definition) is 4. The minimum absolute atomic E-state index is 0. The zero-order valence-corrected chi connectivity index (χ0v) is 20.1.